The zero-order chi connectivity index (χ0) is 14.9. The van der Waals surface area contributed by atoms with Crippen LogP contribution < -0.4 is 5.73 Å². The fourth-order valence-corrected chi connectivity index (χ4v) is 1.74. The number of hydrogen-bond donors (Lipinski definition) is 1. The number of benzene rings is 1. The molecule has 2 rings (SSSR count). The van der Waals surface area contributed by atoms with E-state index in [4.69, 9.17) is 5.73 Å². The molecule has 1 atom stereocenters. The Morgan fingerprint density at radius 1 is 1.05 bits per heavy atom. The average Bonchev–Trinajstić information content (AvgIpc) is 2.37. The summed E-state index contributed by atoms with van der Waals surface area (Å²) in [5.41, 5.74) is 3.97. The first-order valence-corrected chi connectivity index (χ1v) is 5.53. The number of nitrogens with two attached hydrogens (primary N) is 1. The number of rotatable bonds is 2. The van der Waals surface area contributed by atoms with E-state index in [1.165, 1.54) is 12.3 Å². The van der Waals surface area contributed by atoms with Crippen LogP contribution in [0, 0.1) is 11.6 Å². The van der Waals surface area contributed by atoms with Gasteiger partial charge in [-0.2, -0.15) is 13.2 Å². The van der Waals surface area contributed by atoms with Crippen LogP contribution in [0.5, 0.6) is 0 Å². The maximum atomic E-state index is 13.5. The molecule has 20 heavy (non-hydrogen) atoms. The number of halogens is 5. The molecular formula is C13H9F5N2. The van der Waals surface area contributed by atoms with Crippen LogP contribution in [-0.2, 0) is 6.18 Å². The lowest BCUT2D eigenvalue weighted by molar-refractivity contribution is -0.140. The van der Waals surface area contributed by atoms with E-state index >= 15 is 0 Å². The second-order valence-corrected chi connectivity index (χ2v) is 4.09. The first kappa shape index (κ1) is 14.4. The van der Waals surface area contributed by atoms with Crippen molar-refractivity contribution in [1.29, 1.82) is 0 Å². The highest BCUT2D eigenvalue weighted by atomic mass is 19.4. The van der Waals surface area contributed by atoms with Crippen molar-refractivity contribution in [2.24, 2.45) is 5.73 Å². The lowest BCUT2D eigenvalue weighted by Gasteiger charge is -2.15. The molecular weight excluding hydrogens is 279 g/mol. The molecule has 0 aliphatic rings. The Labute approximate surface area is 111 Å². The summed E-state index contributed by atoms with van der Waals surface area (Å²) >= 11 is 0. The zero-order valence-corrected chi connectivity index (χ0v) is 9.96. The molecule has 2 nitrogen and oxygen atoms in total. The SMILES string of the molecule is NC(c1ccc(F)c(C(F)(F)F)c1)c1ncccc1F. The second kappa shape index (κ2) is 5.16. The summed E-state index contributed by atoms with van der Waals surface area (Å²) in [5.74, 6) is -2.15. The zero-order valence-electron chi connectivity index (χ0n) is 9.96. The summed E-state index contributed by atoms with van der Waals surface area (Å²) in [4.78, 5) is 3.69. The third-order valence-corrected chi connectivity index (χ3v) is 2.74. The van der Waals surface area contributed by atoms with Crippen LogP contribution >= 0.6 is 0 Å². The second-order valence-electron chi connectivity index (χ2n) is 4.09. The van der Waals surface area contributed by atoms with Gasteiger partial charge in [-0.05, 0) is 29.8 Å². The number of pyridine rings is 1. The fraction of sp³-hybridized carbons (Fsp3) is 0.154. The highest BCUT2D eigenvalue weighted by molar-refractivity contribution is 5.33. The monoisotopic (exact) mass is 288 g/mol. The minimum absolute atomic E-state index is 0.0728. The van der Waals surface area contributed by atoms with Crippen molar-refractivity contribution in [1.82, 2.24) is 4.98 Å². The van der Waals surface area contributed by atoms with Crippen LogP contribution in [0.4, 0.5) is 22.0 Å². The number of aromatic nitrogens is 1. The normalized spacial score (nSPS) is 13.3. The minimum Gasteiger partial charge on any atom is -0.319 e. The van der Waals surface area contributed by atoms with Crippen molar-refractivity contribution in [2.45, 2.75) is 12.2 Å². The molecule has 1 unspecified atom stereocenters. The van der Waals surface area contributed by atoms with Gasteiger partial charge in [-0.15, -0.1) is 0 Å². The van der Waals surface area contributed by atoms with E-state index in [9.17, 15) is 22.0 Å². The molecule has 0 saturated carbocycles. The fourth-order valence-electron chi connectivity index (χ4n) is 1.74. The maximum absolute atomic E-state index is 13.5. The van der Waals surface area contributed by atoms with Crippen molar-refractivity contribution < 1.29 is 22.0 Å². The molecule has 0 aliphatic heterocycles. The number of alkyl halides is 3. The van der Waals surface area contributed by atoms with Crippen molar-refractivity contribution in [3.63, 3.8) is 0 Å². The van der Waals surface area contributed by atoms with Crippen molar-refractivity contribution in [2.75, 3.05) is 0 Å². The van der Waals surface area contributed by atoms with Gasteiger partial charge in [-0.3, -0.25) is 4.98 Å². The predicted molar refractivity (Wildman–Crippen MR) is 61.6 cm³/mol. The summed E-state index contributed by atoms with van der Waals surface area (Å²) < 4.78 is 64.5. The lowest BCUT2D eigenvalue weighted by atomic mass is 10.0. The van der Waals surface area contributed by atoms with Gasteiger partial charge in [0.15, 0.2) is 0 Å². The summed E-state index contributed by atoms with van der Waals surface area (Å²) in [7, 11) is 0. The van der Waals surface area contributed by atoms with E-state index in [0.29, 0.717) is 12.1 Å². The molecule has 0 aliphatic carbocycles. The van der Waals surface area contributed by atoms with Gasteiger partial charge in [0.25, 0.3) is 0 Å². The molecule has 2 N–H and O–H groups in total. The lowest BCUT2D eigenvalue weighted by Crippen LogP contribution is -2.17. The Kier molecular flexibility index (Phi) is 3.71. The van der Waals surface area contributed by atoms with Gasteiger partial charge in [0.2, 0.25) is 0 Å². The molecule has 1 heterocycles. The van der Waals surface area contributed by atoms with Crippen LogP contribution in [0.1, 0.15) is 22.9 Å². The first-order chi connectivity index (χ1) is 9.30. The molecule has 0 bridgehead atoms. The van der Waals surface area contributed by atoms with Crippen LogP contribution in [0.15, 0.2) is 36.5 Å². The van der Waals surface area contributed by atoms with Gasteiger partial charge in [-0.1, -0.05) is 6.07 Å². The molecule has 0 amide bonds. The van der Waals surface area contributed by atoms with Crippen molar-refractivity contribution >= 4 is 0 Å². The Morgan fingerprint density at radius 3 is 2.35 bits per heavy atom. The van der Waals surface area contributed by atoms with Crippen LogP contribution in [-0.4, -0.2) is 4.98 Å². The summed E-state index contributed by atoms with van der Waals surface area (Å²) in [5, 5.41) is 0. The largest absolute Gasteiger partial charge is 0.419 e. The van der Waals surface area contributed by atoms with Gasteiger partial charge >= 0.3 is 6.18 Å². The van der Waals surface area contributed by atoms with Gasteiger partial charge in [0.05, 0.1) is 17.3 Å². The number of nitrogens with zero attached hydrogens (tertiary/aromatic N) is 1. The van der Waals surface area contributed by atoms with Crippen LogP contribution in [0.2, 0.25) is 0 Å². The number of hydrogen-bond acceptors (Lipinski definition) is 2. The van der Waals surface area contributed by atoms with E-state index in [0.717, 1.165) is 12.1 Å². The predicted octanol–water partition coefficient (Wildman–Crippen LogP) is 3.43. The molecule has 2 aromatic rings. The van der Waals surface area contributed by atoms with Gasteiger partial charge in [0, 0.05) is 6.20 Å². The van der Waals surface area contributed by atoms with E-state index in [2.05, 4.69) is 4.98 Å². The Bertz CT molecular complexity index is 624. The summed E-state index contributed by atoms with van der Waals surface area (Å²) in [6.45, 7) is 0. The Hall–Kier alpha value is -2.02. The average molecular weight is 288 g/mol. The molecule has 0 radical (unpaired) electrons. The minimum atomic E-state index is -4.84. The smallest absolute Gasteiger partial charge is 0.319 e. The molecule has 0 spiro atoms. The molecule has 0 fully saturated rings. The molecule has 1 aromatic heterocycles. The van der Waals surface area contributed by atoms with Gasteiger partial charge < -0.3 is 5.73 Å². The van der Waals surface area contributed by atoms with Crippen molar-refractivity contribution in [3.05, 3.63) is 65.0 Å². The first-order valence-electron chi connectivity index (χ1n) is 5.53. The topological polar surface area (TPSA) is 38.9 Å². The van der Waals surface area contributed by atoms with Gasteiger partial charge in [-0.25, -0.2) is 8.78 Å². The van der Waals surface area contributed by atoms with Crippen LogP contribution in [0.25, 0.3) is 0 Å². The third-order valence-electron chi connectivity index (χ3n) is 2.74. The van der Waals surface area contributed by atoms with Gasteiger partial charge in [0.1, 0.15) is 11.6 Å². The maximum Gasteiger partial charge on any atom is 0.419 e. The van der Waals surface area contributed by atoms with E-state index in [1.807, 2.05) is 0 Å². The van der Waals surface area contributed by atoms with E-state index in [1.54, 1.807) is 0 Å². The third kappa shape index (κ3) is 2.77. The molecule has 1 aromatic carbocycles. The molecule has 0 saturated heterocycles. The standard InChI is InChI=1S/C13H9F5N2/c14-9-4-3-7(6-8(9)13(16,17)18)11(19)12-10(15)2-1-5-20-12/h1-6,11H,19H2. The summed E-state index contributed by atoms with van der Waals surface area (Å²) in [6.07, 6.45) is -3.57. The van der Waals surface area contributed by atoms with E-state index in [-0.39, 0.29) is 11.3 Å². The highest BCUT2D eigenvalue weighted by Crippen LogP contribution is 2.33. The summed E-state index contributed by atoms with van der Waals surface area (Å²) in [6, 6.07) is 3.50. The molecule has 7 heteroatoms. The van der Waals surface area contributed by atoms with Crippen LogP contribution in [0.3, 0.4) is 0 Å². The molecule has 106 valence electrons. The highest BCUT2D eigenvalue weighted by Gasteiger charge is 2.34. The van der Waals surface area contributed by atoms with E-state index < -0.39 is 29.4 Å². The van der Waals surface area contributed by atoms with Crippen molar-refractivity contribution in [3.8, 4) is 0 Å². The quantitative estimate of drug-likeness (QED) is 0.860. The Balaban J connectivity index is 2.46. The Morgan fingerprint density at radius 2 is 1.75 bits per heavy atom.